The molecule has 1 N–H and O–H groups in total. The standard InChI is InChI=1S/C15H16ClN3/c1-2-18-9-13-5-6-19(10-13)11-14-4-3-12(8-17)7-15(14)16/h3-7,10,18H,2,9,11H2,1H3. The van der Waals surface area contributed by atoms with Crippen molar-refractivity contribution in [2.75, 3.05) is 6.54 Å². The lowest BCUT2D eigenvalue weighted by molar-refractivity contribution is 0.721. The molecule has 0 atom stereocenters. The average molecular weight is 274 g/mol. The van der Waals surface area contributed by atoms with E-state index >= 15 is 0 Å². The van der Waals surface area contributed by atoms with Crippen LogP contribution in [0.5, 0.6) is 0 Å². The van der Waals surface area contributed by atoms with Gasteiger partial charge in [-0.1, -0.05) is 24.6 Å². The molecule has 0 aliphatic heterocycles. The number of nitrogens with zero attached hydrogens (tertiary/aromatic N) is 2. The van der Waals surface area contributed by atoms with Crippen LogP contribution in [0.15, 0.2) is 36.7 Å². The van der Waals surface area contributed by atoms with E-state index in [2.05, 4.69) is 35.1 Å². The Bertz CT molecular complexity index is 596. The molecule has 2 aromatic rings. The van der Waals surface area contributed by atoms with Gasteiger partial charge in [0, 0.05) is 30.5 Å². The maximum absolute atomic E-state index is 8.81. The van der Waals surface area contributed by atoms with Gasteiger partial charge in [0.15, 0.2) is 0 Å². The van der Waals surface area contributed by atoms with Crippen molar-refractivity contribution in [3.8, 4) is 6.07 Å². The first kappa shape index (κ1) is 13.7. The maximum atomic E-state index is 8.81. The van der Waals surface area contributed by atoms with E-state index in [0.29, 0.717) is 10.6 Å². The number of halogens is 1. The quantitative estimate of drug-likeness (QED) is 0.909. The zero-order valence-electron chi connectivity index (χ0n) is 10.9. The monoisotopic (exact) mass is 273 g/mol. The highest BCUT2D eigenvalue weighted by Crippen LogP contribution is 2.19. The van der Waals surface area contributed by atoms with Gasteiger partial charge in [-0.25, -0.2) is 0 Å². The molecule has 0 bridgehead atoms. The Labute approximate surface area is 118 Å². The van der Waals surface area contributed by atoms with Gasteiger partial charge >= 0.3 is 0 Å². The summed E-state index contributed by atoms with van der Waals surface area (Å²) in [6.07, 6.45) is 4.15. The van der Waals surface area contributed by atoms with Gasteiger partial charge in [-0.3, -0.25) is 0 Å². The van der Waals surface area contributed by atoms with Gasteiger partial charge in [-0.2, -0.15) is 5.26 Å². The molecule has 0 aliphatic carbocycles. The van der Waals surface area contributed by atoms with Gasteiger partial charge in [-0.05, 0) is 35.9 Å². The molecule has 0 spiro atoms. The molecule has 1 aromatic carbocycles. The fourth-order valence-electron chi connectivity index (χ4n) is 1.90. The van der Waals surface area contributed by atoms with Gasteiger partial charge in [-0.15, -0.1) is 0 Å². The molecule has 0 saturated carbocycles. The van der Waals surface area contributed by atoms with Crippen molar-refractivity contribution >= 4 is 11.6 Å². The van der Waals surface area contributed by atoms with E-state index in [4.69, 9.17) is 16.9 Å². The van der Waals surface area contributed by atoms with Crippen molar-refractivity contribution in [2.24, 2.45) is 0 Å². The molecule has 0 aliphatic rings. The predicted octanol–water partition coefficient (Wildman–Crippen LogP) is 3.17. The van der Waals surface area contributed by atoms with Crippen LogP contribution in [0.1, 0.15) is 23.6 Å². The molecule has 0 radical (unpaired) electrons. The summed E-state index contributed by atoms with van der Waals surface area (Å²) < 4.78 is 2.10. The van der Waals surface area contributed by atoms with E-state index in [0.717, 1.165) is 25.2 Å². The molecule has 1 aromatic heterocycles. The predicted molar refractivity (Wildman–Crippen MR) is 77.1 cm³/mol. The highest BCUT2D eigenvalue weighted by Gasteiger charge is 2.03. The minimum absolute atomic E-state index is 0.592. The average Bonchev–Trinajstić information content (AvgIpc) is 2.86. The van der Waals surface area contributed by atoms with Crippen molar-refractivity contribution in [3.63, 3.8) is 0 Å². The van der Waals surface area contributed by atoms with E-state index in [1.807, 2.05) is 12.3 Å². The molecular formula is C15H16ClN3. The van der Waals surface area contributed by atoms with Crippen LogP contribution < -0.4 is 5.32 Å². The first-order chi connectivity index (χ1) is 9.22. The minimum atomic E-state index is 0.592. The number of benzene rings is 1. The summed E-state index contributed by atoms with van der Waals surface area (Å²) in [4.78, 5) is 0. The third-order valence-electron chi connectivity index (χ3n) is 2.93. The molecular weight excluding hydrogens is 258 g/mol. The van der Waals surface area contributed by atoms with Crippen LogP contribution in [0.25, 0.3) is 0 Å². The molecule has 3 nitrogen and oxygen atoms in total. The van der Waals surface area contributed by atoms with Gasteiger partial charge in [0.05, 0.1) is 11.6 Å². The van der Waals surface area contributed by atoms with Gasteiger partial charge in [0.1, 0.15) is 0 Å². The minimum Gasteiger partial charge on any atom is -0.350 e. The van der Waals surface area contributed by atoms with Crippen molar-refractivity contribution in [1.82, 2.24) is 9.88 Å². The number of nitrogens with one attached hydrogen (secondary N) is 1. The third-order valence-corrected chi connectivity index (χ3v) is 3.28. The Morgan fingerprint density at radius 3 is 2.89 bits per heavy atom. The smallest absolute Gasteiger partial charge is 0.0992 e. The second-order valence-corrected chi connectivity index (χ2v) is 4.80. The Morgan fingerprint density at radius 2 is 2.21 bits per heavy atom. The van der Waals surface area contributed by atoms with Crippen molar-refractivity contribution < 1.29 is 0 Å². The van der Waals surface area contributed by atoms with Crippen LogP contribution in [0.2, 0.25) is 5.02 Å². The lowest BCUT2D eigenvalue weighted by Crippen LogP contribution is -2.11. The molecule has 2 rings (SSSR count). The molecule has 0 saturated heterocycles. The third kappa shape index (κ3) is 3.60. The lowest BCUT2D eigenvalue weighted by Gasteiger charge is -2.06. The second-order valence-electron chi connectivity index (χ2n) is 4.39. The molecule has 0 amide bonds. The summed E-state index contributed by atoms with van der Waals surface area (Å²) in [6, 6.07) is 9.60. The maximum Gasteiger partial charge on any atom is 0.0992 e. The zero-order chi connectivity index (χ0) is 13.7. The molecule has 1 heterocycles. The topological polar surface area (TPSA) is 40.8 Å². The first-order valence-corrected chi connectivity index (χ1v) is 6.64. The molecule has 4 heteroatoms. The normalized spacial score (nSPS) is 10.4. The lowest BCUT2D eigenvalue weighted by atomic mass is 10.1. The SMILES string of the molecule is CCNCc1ccn(Cc2ccc(C#N)cc2Cl)c1. The largest absolute Gasteiger partial charge is 0.350 e. The van der Waals surface area contributed by atoms with Crippen LogP contribution in [0.3, 0.4) is 0 Å². The second kappa shape index (κ2) is 6.42. The fourth-order valence-corrected chi connectivity index (χ4v) is 2.14. The number of hydrogen-bond donors (Lipinski definition) is 1. The Kier molecular flexibility index (Phi) is 4.62. The highest BCUT2D eigenvalue weighted by atomic mass is 35.5. The summed E-state index contributed by atoms with van der Waals surface area (Å²) in [6.45, 7) is 4.65. The van der Waals surface area contributed by atoms with Gasteiger partial charge in [0.2, 0.25) is 0 Å². The first-order valence-electron chi connectivity index (χ1n) is 6.27. The number of rotatable bonds is 5. The molecule has 19 heavy (non-hydrogen) atoms. The molecule has 0 fully saturated rings. The van der Waals surface area contributed by atoms with Crippen LogP contribution >= 0.6 is 11.6 Å². The van der Waals surface area contributed by atoms with Crippen molar-refractivity contribution in [1.29, 1.82) is 5.26 Å². The zero-order valence-corrected chi connectivity index (χ0v) is 11.6. The summed E-state index contributed by atoms with van der Waals surface area (Å²) in [5.41, 5.74) is 2.87. The van der Waals surface area contributed by atoms with Crippen molar-refractivity contribution in [2.45, 2.75) is 20.0 Å². The van der Waals surface area contributed by atoms with E-state index in [-0.39, 0.29) is 0 Å². The van der Waals surface area contributed by atoms with E-state index < -0.39 is 0 Å². The number of aromatic nitrogens is 1. The molecule has 0 unspecified atom stereocenters. The Hall–Kier alpha value is -1.76. The summed E-state index contributed by atoms with van der Waals surface area (Å²) >= 11 is 6.17. The molecule has 98 valence electrons. The fraction of sp³-hybridized carbons (Fsp3) is 0.267. The number of nitriles is 1. The summed E-state index contributed by atoms with van der Waals surface area (Å²) in [7, 11) is 0. The van der Waals surface area contributed by atoms with E-state index in [1.54, 1.807) is 12.1 Å². The summed E-state index contributed by atoms with van der Waals surface area (Å²) in [5.74, 6) is 0. The Morgan fingerprint density at radius 1 is 1.37 bits per heavy atom. The van der Waals surface area contributed by atoms with Gasteiger partial charge in [0.25, 0.3) is 0 Å². The van der Waals surface area contributed by atoms with Crippen LogP contribution in [0.4, 0.5) is 0 Å². The highest BCUT2D eigenvalue weighted by molar-refractivity contribution is 6.31. The van der Waals surface area contributed by atoms with E-state index in [1.165, 1.54) is 5.56 Å². The van der Waals surface area contributed by atoms with Crippen molar-refractivity contribution in [3.05, 3.63) is 58.4 Å². The van der Waals surface area contributed by atoms with Gasteiger partial charge < -0.3 is 9.88 Å². The Balaban J connectivity index is 2.09. The van der Waals surface area contributed by atoms with Crippen LogP contribution in [-0.2, 0) is 13.1 Å². The van der Waals surface area contributed by atoms with Crippen LogP contribution in [0, 0.1) is 11.3 Å². The van der Waals surface area contributed by atoms with Crippen LogP contribution in [-0.4, -0.2) is 11.1 Å². The summed E-state index contributed by atoms with van der Waals surface area (Å²) in [5, 5.41) is 12.7. The van der Waals surface area contributed by atoms with E-state index in [9.17, 15) is 0 Å². The number of hydrogen-bond acceptors (Lipinski definition) is 2.